The van der Waals surface area contributed by atoms with Gasteiger partial charge in [0.15, 0.2) is 5.76 Å². The molecular formula is C24H19ClN2O2. The fraction of sp³-hybridized carbons (Fsp3) is 0.167. The van der Waals surface area contributed by atoms with E-state index >= 15 is 0 Å². The predicted octanol–water partition coefficient (Wildman–Crippen LogP) is 5.28. The normalized spacial score (nSPS) is 13.5. The van der Waals surface area contributed by atoms with Crippen LogP contribution in [0.15, 0.2) is 71.3 Å². The van der Waals surface area contributed by atoms with Crippen LogP contribution >= 0.6 is 11.6 Å². The van der Waals surface area contributed by atoms with Crippen molar-refractivity contribution in [3.63, 3.8) is 0 Å². The second-order valence-electron chi connectivity index (χ2n) is 7.32. The van der Waals surface area contributed by atoms with Crippen LogP contribution in [-0.2, 0) is 24.2 Å². The quantitative estimate of drug-likeness (QED) is 0.468. The van der Waals surface area contributed by atoms with Gasteiger partial charge in [0.1, 0.15) is 0 Å². The van der Waals surface area contributed by atoms with Gasteiger partial charge in [-0.25, -0.2) is 0 Å². The van der Waals surface area contributed by atoms with E-state index in [2.05, 4.69) is 23.4 Å². The number of carbonyl (C=O) groups excluding carboxylic acids is 1. The minimum atomic E-state index is 0.121. The maximum absolute atomic E-state index is 13.1. The van der Waals surface area contributed by atoms with Gasteiger partial charge in [0.25, 0.3) is 0 Å². The van der Waals surface area contributed by atoms with E-state index in [9.17, 15) is 4.79 Å². The molecule has 3 aromatic carbocycles. The summed E-state index contributed by atoms with van der Waals surface area (Å²) in [6.45, 7) is 1.17. The van der Waals surface area contributed by atoms with Gasteiger partial charge in [-0.05, 0) is 40.6 Å². The van der Waals surface area contributed by atoms with Crippen molar-refractivity contribution in [1.29, 1.82) is 0 Å². The molecule has 1 aromatic heterocycles. The van der Waals surface area contributed by atoms with Gasteiger partial charge in [0.05, 0.1) is 18.7 Å². The molecule has 5 rings (SSSR count). The topological polar surface area (TPSA) is 46.3 Å². The van der Waals surface area contributed by atoms with Gasteiger partial charge in [0.2, 0.25) is 5.91 Å². The van der Waals surface area contributed by atoms with E-state index in [1.165, 1.54) is 0 Å². The van der Waals surface area contributed by atoms with Crippen LogP contribution in [0.5, 0.6) is 0 Å². The molecule has 0 saturated heterocycles. The number of nitrogens with zero attached hydrogens (tertiary/aromatic N) is 2. The highest BCUT2D eigenvalue weighted by molar-refractivity contribution is 6.30. The van der Waals surface area contributed by atoms with Gasteiger partial charge in [-0.3, -0.25) is 4.79 Å². The Kier molecular flexibility index (Phi) is 4.57. The average Bonchev–Trinajstić information content (AvgIpc) is 3.18. The Balaban J connectivity index is 1.40. The smallest absolute Gasteiger partial charge is 0.227 e. The number of hydrogen-bond donors (Lipinski definition) is 0. The van der Waals surface area contributed by atoms with Crippen LogP contribution in [0.25, 0.3) is 22.1 Å². The summed E-state index contributed by atoms with van der Waals surface area (Å²) in [6.07, 6.45) is 1.09. The van der Waals surface area contributed by atoms with E-state index in [0.717, 1.165) is 38.9 Å². The van der Waals surface area contributed by atoms with Crippen molar-refractivity contribution in [2.75, 3.05) is 6.54 Å². The molecular weight excluding hydrogens is 384 g/mol. The van der Waals surface area contributed by atoms with Crippen LogP contribution in [0.1, 0.15) is 16.8 Å². The molecule has 1 aliphatic rings. The highest BCUT2D eigenvalue weighted by Gasteiger charge is 2.27. The zero-order valence-corrected chi connectivity index (χ0v) is 16.5. The van der Waals surface area contributed by atoms with Crippen molar-refractivity contribution in [3.8, 4) is 11.3 Å². The number of halogens is 1. The molecule has 0 fully saturated rings. The summed E-state index contributed by atoms with van der Waals surface area (Å²) < 4.78 is 5.62. The lowest BCUT2D eigenvalue weighted by molar-refractivity contribution is -0.131. The molecule has 0 unspecified atom stereocenters. The van der Waals surface area contributed by atoms with E-state index in [1.807, 2.05) is 53.4 Å². The highest BCUT2D eigenvalue weighted by atomic mass is 35.5. The Labute approximate surface area is 173 Å². The molecule has 0 spiro atoms. The van der Waals surface area contributed by atoms with Crippen LogP contribution in [0.3, 0.4) is 0 Å². The van der Waals surface area contributed by atoms with E-state index in [-0.39, 0.29) is 5.91 Å². The van der Waals surface area contributed by atoms with Crippen molar-refractivity contribution in [3.05, 3.63) is 88.6 Å². The third-order valence-corrected chi connectivity index (χ3v) is 5.77. The molecule has 0 N–H and O–H groups in total. The largest absolute Gasteiger partial charge is 0.356 e. The molecule has 144 valence electrons. The zero-order chi connectivity index (χ0) is 19.8. The van der Waals surface area contributed by atoms with E-state index < -0.39 is 0 Å². The maximum atomic E-state index is 13.1. The van der Waals surface area contributed by atoms with Gasteiger partial charge >= 0.3 is 0 Å². The molecule has 0 aliphatic carbocycles. The Morgan fingerprint density at radius 2 is 1.83 bits per heavy atom. The highest BCUT2D eigenvalue weighted by Crippen LogP contribution is 2.31. The first-order valence-corrected chi connectivity index (χ1v) is 10.0. The Hall–Kier alpha value is -3.11. The van der Waals surface area contributed by atoms with Crippen molar-refractivity contribution < 1.29 is 9.32 Å². The third kappa shape index (κ3) is 3.40. The Morgan fingerprint density at radius 1 is 1.03 bits per heavy atom. The van der Waals surface area contributed by atoms with Gasteiger partial charge < -0.3 is 9.42 Å². The number of rotatable bonds is 3. The lowest BCUT2D eigenvalue weighted by atomic mass is 9.99. The molecule has 29 heavy (non-hydrogen) atoms. The second kappa shape index (κ2) is 7.37. The fourth-order valence-corrected chi connectivity index (χ4v) is 4.10. The van der Waals surface area contributed by atoms with Crippen molar-refractivity contribution in [1.82, 2.24) is 10.1 Å². The number of fused-ring (bicyclic) bond motifs is 2. The number of benzene rings is 3. The Morgan fingerprint density at radius 3 is 2.69 bits per heavy atom. The molecule has 0 radical (unpaired) electrons. The summed E-state index contributed by atoms with van der Waals surface area (Å²) in [7, 11) is 0. The van der Waals surface area contributed by atoms with E-state index in [0.29, 0.717) is 31.0 Å². The summed E-state index contributed by atoms with van der Waals surface area (Å²) in [5.41, 5.74) is 3.91. The molecule has 4 aromatic rings. The standard InChI is InChI=1S/C24H19ClN2O2/c25-19-10-8-17(9-11-19)24-21-15-27(13-12-22(21)26-29-24)23(28)14-18-6-3-5-16-4-1-2-7-20(16)18/h1-11H,12-15H2. The van der Waals surface area contributed by atoms with Crippen LogP contribution in [-0.4, -0.2) is 22.5 Å². The van der Waals surface area contributed by atoms with Gasteiger partial charge in [-0.2, -0.15) is 0 Å². The fourth-order valence-electron chi connectivity index (χ4n) is 3.97. The third-order valence-electron chi connectivity index (χ3n) is 5.52. The molecule has 2 heterocycles. The van der Waals surface area contributed by atoms with Crippen LogP contribution < -0.4 is 0 Å². The number of hydrogen-bond acceptors (Lipinski definition) is 3. The van der Waals surface area contributed by atoms with Gasteiger partial charge in [0, 0.05) is 29.1 Å². The van der Waals surface area contributed by atoms with Crippen LogP contribution in [0, 0.1) is 0 Å². The van der Waals surface area contributed by atoms with Crippen LogP contribution in [0.4, 0.5) is 0 Å². The predicted molar refractivity (Wildman–Crippen MR) is 114 cm³/mol. The van der Waals surface area contributed by atoms with Gasteiger partial charge in [-0.1, -0.05) is 59.2 Å². The summed E-state index contributed by atoms with van der Waals surface area (Å²) in [4.78, 5) is 15.0. The minimum Gasteiger partial charge on any atom is -0.356 e. The summed E-state index contributed by atoms with van der Waals surface area (Å²) in [6, 6.07) is 21.8. The number of amides is 1. The molecule has 1 aliphatic heterocycles. The molecule has 0 bridgehead atoms. The van der Waals surface area contributed by atoms with Crippen molar-refractivity contribution >= 4 is 28.3 Å². The minimum absolute atomic E-state index is 0.121. The average molecular weight is 403 g/mol. The summed E-state index contributed by atoms with van der Waals surface area (Å²) in [5, 5.41) is 7.19. The summed E-state index contributed by atoms with van der Waals surface area (Å²) in [5.74, 6) is 0.842. The first-order chi connectivity index (χ1) is 14.2. The number of aromatic nitrogens is 1. The summed E-state index contributed by atoms with van der Waals surface area (Å²) >= 11 is 6.00. The molecule has 5 heteroatoms. The van der Waals surface area contributed by atoms with E-state index in [4.69, 9.17) is 16.1 Å². The monoisotopic (exact) mass is 402 g/mol. The SMILES string of the molecule is O=C(Cc1cccc2ccccc12)N1CCc2noc(-c3ccc(Cl)cc3)c2C1. The first-order valence-electron chi connectivity index (χ1n) is 9.67. The van der Waals surface area contributed by atoms with Crippen molar-refractivity contribution in [2.45, 2.75) is 19.4 Å². The van der Waals surface area contributed by atoms with Crippen LogP contribution in [0.2, 0.25) is 5.02 Å². The Bertz CT molecular complexity index is 1190. The first kappa shape index (κ1) is 18.0. The molecule has 0 atom stereocenters. The second-order valence-corrected chi connectivity index (χ2v) is 7.76. The zero-order valence-electron chi connectivity index (χ0n) is 15.8. The molecule has 4 nitrogen and oxygen atoms in total. The van der Waals surface area contributed by atoms with E-state index in [1.54, 1.807) is 0 Å². The molecule has 0 saturated carbocycles. The lowest BCUT2D eigenvalue weighted by Gasteiger charge is -2.26. The molecule has 1 amide bonds. The van der Waals surface area contributed by atoms with Gasteiger partial charge in [-0.15, -0.1) is 0 Å². The maximum Gasteiger partial charge on any atom is 0.227 e. The number of carbonyl (C=O) groups is 1. The lowest BCUT2D eigenvalue weighted by Crippen LogP contribution is -2.36. The van der Waals surface area contributed by atoms with Crippen molar-refractivity contribution in [2.24, 2.45) is 0 Å².